The highest BCUT2D eigenvalue weighted by Gasteiger charge is 2.45. The van der Waals surface area contributed by atoms with Crippen LogP contribution in [0.4, 0.5) is 0 Å². The molecule has 0 N–H and O–H groups in total. The maximum atomic E-state index is 12.2. The van der Waals surface area contributed by atoms with E-state index >= 15 is 0 Å². The predicted molar refractivity (Wildman–Crippen MR) is 105 cm³/mol. The molecule has 2 aromatic rings. The van der Waals surface area contributed by atoms with E-state index < -0.39 is 0 Å². The maximum Gasteiger partial charge on any atom is 0.166 e. The summed E-state index contributed by atoms with van der Waals surface area (Å²) in [6, 6.07) is 12.9. The quantitative estimate of drug-likeness (QED) is 0.741. The van der Waals surface area contributed by atoms with Crippen LogP contribution in [-0.4, -0.2) is 42.6 Å². The molecule has 3 aliphatic heterocycles. The van der Waals surface area contributed by atoms with Crippen LogP contribution in [0.15, 0.2) is 41.8 Å². The molecule has 0 amide bonds. The molecule has 27 heavy (non-hydrogen) atoms. The van der Waals surface area contributed by atoms with Gasteiger partial charge in [-0.25, -0.2) is 0 Å². The number of epoxide rings is 1. The van der Waals surface area contributed by atoms with Crippen molar-refractivity contribution in [2.24, 2.45) is 0 Å². The maximum absolute atomic E-state index is 12.2. The molecule has 1 aromatic carbocycles. The molecule has 5 rings (SSSR count). The van der Waals surface area contributed by atoms with E-state index in [9.17, 15) is 4.79 Å². The van der Waals surface area contributed by atoms with E-state index in [2.05, 4.69) is 46.7 Å². The summed E-state index contributed by atoms with van der Waals surface area (Å²) in [7, 11) is 0. The third-order valence-electron chi connectivity index (χ3n) is 6.08. The normalized spacial score (nSPS) is 26.7. The Labute approximate surface area is 164 Å². The van der Waals surface area contributed by atoms with Gasteiger partial charge in [-0.3, -0.25) is 9.69 Å². The topological polar surface area (TPSA) is 42.1 Å². The van der Waals surface area contributed by atoms with E-state index in [0.717, 1.165) is 38.9 Å². The number of likely N-dealkylation sites (tertiary alicyclic amines) is 1. The average molecular weight is 384 g/mol. The van der Waals surface area contributed by atoms with Gasteiger partial charge in [-0.2, -0.15) is 0 Å². The summed E-state index contributed by atoms with van der Waals surface area (Å²) in [5.41, 5.74) is 2.52. The SMILES string of the molecule is O=C(CC1Cc2sccc2C2(CCN(Cc3ccccc3)CC2)O1)C1CO1. The van der Waals surface area contributed by atoms with Crippen molar-refractivity contribution in [3.63, 3.8) is 0 Å². The number of carbonyl (C=O) groups is 1. The molecule has 142 valence electrons. The van der Waals surface area contributed by atoms with Crippen molar-refractivity contribution < 1.29 is 14.3 Å². The summed E-state index contributed by atoms with van der Waals surface area (Å²) in [6.45, 7) is 3.64. The van der Waals surface area contributed by atoms with Crippen LogP contribution in [0.2, 0.25) is 0 Å². The van der Waals surface area contributed by atoms with Crippen LogP contribution < -0.4 is 0 Å². The highest BCUT2D eigenvalue weighted by molar-refractivity contribution is 7.10. The monoisotopic (exact) mass is 383 g/mol. The van der Waals surface area contributed by atoms with Gasteiger partial charge in [0, 0.05) is 37.4 Å². The zero-order chi connectivity index (χ0) is 18.3. The van der Waals surface area contributed by atoms with Crippen LogP contribution in [0, 0.1) is 0 Å². The summed E-state index contributed by atoms with van der Waals surface area (Å²) < 4.78 is 11.8. The second kappa shape index (κ2) is 7.13. The van der Waals surface area contributed by atoms with Crippen molar-refractivity contribution in [1.82, 2.24) is 4.90 Å². The lowest BCUT2D eigenvalue weighted by Gasteiger charge is -2.46. The lowest BCUT2D eigenvalue weighted by Crippen LogP contribution is -2.48. The number of thiophene rings is 1. The third-order valence-corrected chi connectivity index (χ3v) is 7.02. The minimum absolute atomic E-state index is 0.00600. The number of ether oxygens (including phenoxy) is 2. The van der Waals surface area contributed by atoms with Crippen LogP contribution in [0.3, 0.4) is 0 Å². The first-order chi connectivity index (χ1) is 13.2. The minimum atomic E-state index is -0.212. The Morgan fingerprint density at radius 2 is 1.96 bits per heavy atom. The first-order valence-electron chi connectivity index (χ1n) is 9.87. The highest BCUT2D eigenvalue weighted by atomic mass is 32.1. The Morgan fingerprint density at radius 3 is 2.70 bits per heavy atom. The molecular formula is C22H25NO3S. The summed E-state index contributed by atoms with van der Waals surface area (Å²) in [4.78, 5) is 16.2. The first kappa shape index (κ1) is 17.6. The number of nitrogens with zero attached hydrogens (tertiary/aromatic N) is 1. The minimum Gasteiger partial charge on any atom is -0.366 e. The fourth-order valence-electron chi connectivity index (χ4n) is 4.54. The van der Waals surface area contributed by atoms with Gasteiger partial charge in [0.25, 0.3) is 0 Å². The van der Waals surface area contributed by atoms with E-state index in [1.54, 1.807) is 0 Å². The summed E-state index contributed by atoms with van der Waals surface area (Å²) >= 11 is 1.82. The fourth-order valence-corrected chi connectivity index (χ4v) is 5.57. The Kier molecular flexibility index (Phi) is 4.64. The molecule has 4 heterocycles. The number of ketones is 1. The van der Waals surface area contributed by atoms with E-state index in [0.29, 0.717) is 13.0 Å². The lowest BCUT2D eigenvalue weighted by atomic mass is 9.80. The molecule has 2 unspecified atom stereocenters. The van der Waals surface area contributed by atoms with Gasteiger partial charge in [0.15, 0.2) is 5.78 Å². The molecular weight excluding hydrogens is 358 g/mol. The number of benzene rings is 1. The highest BCUT2D eigenvalue weighted by Crippen LogP contribution is 2.46. The van der Waals surface area contributed by atoms with Gasteiger partial charge in [0.1, 0.15) is 6.10 Å². The van der Waals surface area contributed by atoms with Crippen molar-refractivity contribution in [3.05, 3.63) is 57.8 Å². The first-order valence-corrected chi connectivity index (χ1v) is 10.8. The zero-order valence-corrected chi connectivity index (χ0v) is 16.2. The Hall–Kier alpha value is -1.53. The van der Waals surface area contributed by atoms with Gasteiger partial charge >= 0.3 is 0 Å². The Balaban J connectivity index is 1.29. The predicted octanol–water partition coefficient (Wildman–Crippen LogP) is 3.54. The van der Waals surface area contributed by atoms with Crippen LogP contribution in [0.5, 0.6) is 0 Å². The molecule has 0 radical (unpaired) electrons. The molecule has 2 fully saturated rings. The van der Waals surface area contributed by atoms with E-state index in [1.165, 1.54) is 16.0 Å². The van der Waals surface area contributed by atoms with Crippen molar-refractivity contribution in [1.29, 1.82) is 0 Å². The number of piperidine rings is 1. The second-order valence-electron chi connectivity index (χ2n) is 7.95. The number of rotatable bonds is 5. The van der Waals surface area contributed by atoms with Gasteiger partial charge < -0.3 is 9.47 Å². The molecule has 0 bridgehead atoms. The van der Waals surface area contributed by atoms with E-state index in [1.807, 2.05) is 11.3 Å². The standard InChI is InChI=1S/C22H25NO3S/c24-19(20-15-25-20)12-17-13-21-18(6-11-27-21)22(26-17)7-9-23(10-8-22)14-16-4-2-1-3-5-16/h1-6,11,17,20H,7-10,12-15H2. The summed E-state index contributed by atoms with van der Waals surface area (Å²) in [5.74, 6) is 0.205. The molecule has 1 aromatic heterocycles. The smallest absolute Gasteiger partial charge is 0.166 e. The van der Waals surface area contributed by atoms with Crippen LogP contribution in [0.1, 0.15) is 35.3 Å². The van der Waals surface area contributed by atoms with Gasteiger partial charge in [-0.1, -0.05) is 30.3 Å². The Morgan fingerprint density at radius 1 is 1.19 bits per heavy atom. The summed E-state index contributed by atoms with van der Waals surface area (Å²) in [6.07, 6.45) is 3.16. The largest absolute Gasteiger partial charge is 0.366 e. The van der Waals surface area contributed by atoms with Gasteiger partial charge in [0.05, 0.1) is 18.3 Å². The van der Waals surface area contributed by atoms with Crippen molar-refractivity contribution in [2.45, 2.75) is 50.0 Å². The molecule has 0 saturated carbocycles. The average Bonchev–Trinajstić information content (AvgIpc) is 3.43. The van der Waals surface area contributed by atoms with Gasteiger partial charge in [-0.15, -0.1) is 11.3 Å². The second-order valence-corrected chi connectivity index (χ2v) is 8.95. The summed E-state index contributed by atoms with van der Waals surface area (Å²) in [5, 5.41) is 2.18. The van der Waals surface area contributed by atoms with E-state index in [4.69, 9.17) is 9.47 Å². The number of fused-ring (bicyclic) bond motifs is 2. The van der Waals surface area contributed by atoms with Gasteiger partial charge in [-0.05, 0) is 35.4 Å². The molecule has 2 saturated heterocycles. The lowest BCUT2D eigenvalue weighted by molar-refractivity contribution is -0.149. The molecule has 5 heteroatoms. The fraction of sp³-hybridized carbons (Fsp3) is 0.500. The molecule has 2 atom stereocenters. The Bertz CT molecular complexity index is 806. The van der Waals surface area contributed by atoms with Crippen LogP contribution >= 0.6 is 11.3 Å². The van der Waals surface area contributed by atoms with Crippen molar-refractivity contribution in [3.8, 4) is 0 Å². The number of Topliss-reactive ketones (excluding diaryl/α,β-unsaturated/α-hetero) is 1. The number of hydrogen-bond acceptors (Lipinski definition) is 5. The van der Waals surface area contributed by atoms with Gasteiger partial charge in [0.2, 0.25) is 0 Å². The zero-order valence-electron chi connectivity index (χ0n) is 15.4. The van der Waals surface area contributed by atoms with Crippen molar-refractivity contribution in [2.75, 3.05) is 19.7 Å². The molecule has 0 aliphatic carbocycles. The van der Waals surface area contributed by atoms with Crippen LogP contribution in [0.25, 0.3) is 0 Å². The molecule has 4 nitrogen and oxygen atoms in total. The number of hydrogen-bond donors (Lipinski definition) is 0. The number of carbonyl (C=O) groups excluding carboxylic acids is 1. The third kappa shape index (κ3) is 3.61. The molecule has 1 spiro atoms. The molecule has 3 aliphatic rings. The van der Waals surface area contributed by atoms with E-state index in [-0.39, 0.29) is 23.6 Å². The van der Waals surface area contributed by atoms with Crippen molar-refractivity contribution >= 4 is 17.1 Å². The van der Waals surface area contributed by atoms with Crippen LogP contribution in [-0.2, 0) is 32.8 Å².